The van der Waals surface area contributed by atoms with Crippen molar-refractivity contribution >= 4 is 28.9 Å². The first-order valence-electron chi connectivity index (χ1n) is 14.1. The normalized spacial score (nSPS) is 15.2. The van der Waals surface area contributed by atoms with Gasteiger partial charge in [-0.15, -0.1) is 0 Å². The summed E-state index contributed by atoms with van der Waals surface area (Å²) in [5, 5.41) is 3.13. The smallest absolute Gasteiger partial charge is 0.337 e. The standard InChI is InChI=1S/C34H42N2O3/c1-7-8-11-22-36(26-18-19-27-28(23-26)34(4,5)21-20-33(27,2)3)30-13-10-9-12-29(30)35-31(37)24-14-16-25(17-15-24)32(38)39-6/h9-10,12-19,23H,7-8,11,20-22H2,1-6H3,(H,35,37). The molecule has 0 saturated carbocycles. The first-order chi connectivity index (χ1) is 18.6. The lowest BCUT2D eigenvalue weighted by Crippen LogP contribution is -2.34. The molecule has 0 fully saturated rings. The van der Waals surface area contributed by atoms with Crippen molar-refractivity contribution in [2.75, 3.05) is 23.9 Å². The second-order valence-electron chi connectivity index (χ2n) is 11.9. The first-order valence-corrected chi connectivity index (χ1v) is 14.1. The van der Waals surface area contributed by atoms with Crippen LogP contribution < -0.4 is 10.2 Å². The molecule has 3 aromatic carbocycles. The fourth-order valence-electron chi connectivity index (χ4n) is 5.54. The van der Waals surface area contributed by atoms with Crippen LogP contribution in [0.15, 0.2) is 66.7 Å². The summed E-state index contributed by atoms with van der Waals surface area (Å²) in [4.78, 5) is 27.4. The van der Waals surface area contributed by atoms with Gasteiger partial charge in [0.05, 0.1) is 24.0 Å². The molecule has 1 N–H and O–H groups in total. The van der Waals surface area contributed by atoms with E-state index in [1.54, 1.807) is 24.3 Å². The molecule has 1 amide bonds. The minimum atomic E-state index is -0.424. The monoisotopic (exact) mass is 526 g/mol. The van der Waals surface area contributed by atoms with Crippen molar-refractivity contribution in [1.29, 1.82) is 0 Å². The van der Waals surface area contributed by atoms with Crippen LogP contribution in [0.4, 0.5) is 17.1 Å². The molecule has 206 valence electrons. The Labute approximate surface area is 233 Å². The van der Waals surface area contributed by atoms with E-state index >= 15 is 0 Å². The van der Waals surface area contributed by atoms with Gasteiger partial charge in [0, 0.05) is 17.8 Å². The number of nitrogens with zero attached hydrogens (tertiary/aromatic N) is 1. The van der Waals surface area contributed by atoms with Gasteiger partial charge in [0.1, 0.15) is 0 Å². The summed E-state index contributed by atoms with van der Waals surface area (Å²) in [6.45, 7) is 12.5. The average molecular weight is 527 g/mol. The number of hydrogen-bond acceptors (Lipinski definition) is 4. The first kappa shape index (κ1) is 28.4. The number of carbonyl (C=O) groups is 2. The van der Waals surface area contributed by atoms with Crippen LogP contribution in [-0.4, -0.2) is 25.5 Å². The van der Waals surface area contributed by atoms with Gasteiger partial charge in [0.15, 0.2) is 0 Å². The molecule has 39 heavy (non-hydrogen) atoms. The van der Waals surface area contributed by atoms with Crippen LogP contribution in [0.2, 0.25) is 0 Å². The number of nitrogens with one attached hydrogen (secondary N) is 1. The minimum Gasteiger partial charge on any atom is -0.465 e. The summed E-state index contributed by atoms with van der Waals surface area (Å²) in [7, 11) is 1.34. The van der Waals surface area contributed by atoms with Gasteiger partial charge in [-0.05, 0) is 89.8 Å². The summed E-state index contributed by atoms with van der Waals surface area (Å²) in [5.41, 5.74) is 6.90. The molecule has 0 saturated heterocycles. The molecule has 0 unspecified atom stereocenters. The average Bonchev–Trinajstić information content (AvgIpc) is 2.94. The lowest BCUT2D eigenvalue weighted by Gasteiger charge is -2.42. The summed E-state index contributed by atoms with van der Waals surface area (Å²) < 4.78 is 4.77. The predicted octanol–water partition coefficient (Wildman–Crippen LogP) is 8.40. The third-order valence-electron chi connectivity index (χ3n) is 8.14. The highest BCUT2D eigenvalue weighted by Crippen LogP contribution is 2.47. The number of carbonyl (C=O) groups excluding carboxylic acids is 2. The number of ether oxygens (including phenoxy) is 1. The maximum Gasteiger partial charge on any atom is 0.337 e. The molecule has 3 aromatic rings. The van der Waals surface area contributed by atoms with Crippen LogP contribution in [0.25, 0.3) is 0 Å². The molecular weight excluding hydrogens is 484 g/mol. The number of unbranched alkanes of at least 4 members (excludes halogenated alkanes) is 2. The molecule has 0 heterocycles. The molecule has 1 aliphatic carbocycles. The van der Waals surface area contributed by atoms with Crippen molar-refractivity contribution in [2.45, 2.75) is 77.6 Å². The minimum absolute atomic E-state index is 0.111. The number of hydrogen-bond donors (Lipinski definition) is 1. The lowest BCUT2D eigenvalue weighted by molar-refractivity contribution is 0.0600. The SMILES string of the molecule is CCCCCN(c1ccc2c(c1)C(C)(C)CCC2(C)C)c1ccccc1NC(=O)c1ccc(C(=O)OC)cc1. The van der Waals surface area contributed by atoms with E-state index in [2.05, 4.69) is 69.1 Å². The second kappa shape index (κ2) is 11.6. The summed E-state index contributed by atoms with van der Waals surface area (Å²) in [5.74, 6) is -0.646. The molecule has 0 radical (unpaired) electrons. The van der Waals surface area contributed by atoms with E-state index in [-0.39, 0.29) is 16.7 Å². The quantitative estimate of drug-likeness (QED) is 0.225. The van der Waals surface area contributed by atoms with Crippen molar-refractivity contribution < 1.29 is 14.3 Å². The molecule has 1 aliphatic rings. The molecular formula is C34H42N2O3. The largest absolute Gasteiger partial charge is 0.465 e. The molecule has 0 aromatic heterocycles. The molecule has 5 heteroatoms. The van der Waals surface area contributed by atoms with Gasteiger partial charge in [-0.3, -0.25) is 4.79 Å². The van der Waals surface area contributed by atoms with Crippen LogP contribution in [0.5, 0.6) is 0 Å². The van der Waals surface area contributed by atoms with Crippen LogP contribution in [0.1, 0.15) is 98.6 Å². The number of methoxy groups -OCH3 is 1. The van der Waals surface area contributed by atoms with Gasteiger partial charge >= 0.3 is 5.97 Å². The fourth-order valence-corrected chi connectivity index (χ4v) is 5.54. The Bertz CT molecular complexity index is 1320. The van der Waals surface area contributed by atoms with Gasteiger partial charge in [0.25, 0.3) is 5.91 Å². The number of fused-ring (bicyclic) bond motifs is 1. The zero-order chi connectivity index (χ0) is 28.2. The van der Waals surface area contributed by atoms with Gasteiger partial charge < -0.3 is 15.0 Å². The number of para-hydroxylation sites is 2. The number of amides is 1. The van der Waals surface area contributed by atoms with Gasteiger partial charge in [0.2, 0.25) is 0 Å². The highest BCUT2D eigenvalue weighted by molar-refractivity contribution is 6.06. The number of rotatable bonds is 9. The highest BCUT2D eigenvalue weighted by atomic mass is 16.5. The molecule has 5 nitrogen and oxygen atoms in total. The zero-order valence-electron chi connectivity index (χ0n) is 24.3. The topological polar surface area (TPSA) is 58.6 Å². The van der Waals surface area contributed by atoms with E-state index in [1.807, 2.05) is 18.2 Å². The van der Waals surface area contributed by atoms with E-state index < -0.39 is 5.97 Å². The maximum atomic E-state index is 13.2. The molecule has 0 spiro atoms. The van der Waals surface area contributed by atoms with Gasteiger partial charge in [-0.25, -0.2) is 4.79 Å². The molecule has 0 bridgehead atoms. The van der Waals surface area contributed by atoms with Crippen molar-refractivity contribution in [1.82, 2.24) is 0 Å². The van der Waals surface area contributed by atoms with Gasteiger partial charge in [-0.1, -0.05) is 65.7 Å². The van der Waals surface area contributed by atoms with E-state index in [0.29, 0.717) is 11.1 Å². The molecule has 4 rings (SSSR count). The second-order valence-corrected chi connectivity index (χ2v) is 11.9. The summed E-state index contributed by atoms with van der Waals surface area (Å²) in [6.07, 6.45) is 5.68. The van der Waals surface area contributed by atoms with Crippen LogP contribution >= 0.6 is 0 Å². The highest BCUT2D eigenvalue weighted by Gasteiger charge is 2.37. The van der Waals surface area contributed by atoms with Gasteiger partial charge in [-0.2, -0.15) is 0 Å². The van der Waals surface area contributed by atoms with Crippen LogP contribution in [0, 0.1) is 0 Å². The zero-order valence-corrected chi connectivity index (χ0v) is 24.3. The Balaban J connectivity index is 1.70. The Morgan fingerprint density at radius 1 is 0.846 bits per heavy atom. The van der Waals surface area contributed by atoms with E-state index in [9.17, 15) is 9.59 Å². The Morgan fingerprint density at radius 2 is 1.49 bits per heavy atom. The number of anilines is 3. The number of benzene rings is 3. The predicted molar refractivity (Wildman–Crippen MR) is 160 cm³/mol. The Kier molecular flexibility index (Phi) is 8.48. The Morgan fingerprint density at radius 3 is 2.15 bits per heavy atom. The molecule has 0 aliphatic heterocycles. The third-order valence-corrected chi connectivity index (χ3v) is 8.14. The number of esters is 1. The maximum absolute atomic E-state index is 13.2. The van der Waals surface area contributed by atoms with E-state index in [1.165, 1.54) is 24.7 Å². The van der Waals surface area contributed by atoms with Crippen LogP contribution in [-0.2, 0) is 15.6 Å². The van der Waals surface area contributed by atoms with Crippen molar-refractivity contribution in [3.63, 3.8) is 0 Å². The van der Waals surface area contributed by atoms with Crippen molar-refractivity contribution in [3.05, 3.63) is 89.0 Å². The Hall–Kier alpha value is -3.60. The third kappa shape index (κ3) is 6.19. The van der Waals surface area contributed by atoms with Crippen molar-refractivity contribution in [3.8, 4) is 0 Å². The fraction of sp³-hybridized carbons (Fsp3) is 0.412. The summed E-state index contributed by atoms with van der Waals surface area (Å²) in [6, 6.07) is 21.5. The lowest BCUT2D eigenvalue weighted by atomic mass is 9.63. The van der Waals surface area contributed by atoms with Crippen molar-refractivity contribution in [2.24, 2.45) is 0 Å². The molecule has 0 atom stereocenters. The van der Waals surface area contributed by atoms with E-state index in [0.717, 1.165) is 49.3 Å². The summed E-state index contributed by atoms with van der Waals surface area (Å²) >= 11 is 0. The van der Waals surface area contributed by atoms with E-state index in [4.69, 9.17) is 4.74 Å². The van der Waals surface area contributed by atoms with Crippen LogP contribution in [0.3, 0.4) is 0 Å².